The summed E-state index contributed by atoms with van der Waals surface area (Å²) in [5.74, 6) is -0.416. The quantitative estimate of drug-likeness (QED) is 0.576. The molecule has 1 aromatic carbocycles. The van der Waals surface area contributed by atoms with Crippen LogP contribution in [0.1, 0.15) is 45.1 Å². The maximum absolute atomic E-state index is 12.7. The number of hydrogen-bond acceptors (Lipinski definition) is 5. The number of carbonyl (C=O) groups is 2. The van der Waals surface area contributed by atoms with Crippen LogP contribution in [0.2, 0.25) is 0 Å². The highest BCUT2D eigenvalue weighted by Gasteiger charge is 2.32. The number of sulfonamides is 1. The van der Waals surface area contributed by atoms with Crippen LogP contribution >= 0.6 is 0 Å². The minimum atomic E-state index is -4.68. The van der Waals surface area contributed by atoms with Gasteiger partial charge in [0.2, 0.25) is 10.0 Å². The van der Waals surface area contributed by atoms with Crippen LogP contribution in [-0.2, 0) is 30.5 Å². The smallest absolute Gasteiger partial charge is 0.416 e. The molecule has 0 radical (unpaired) electrons. The monoisotopic (exact) mass is 464 g/mol. The highest BCUT2D eigenvalue weighted by Crippen LogP contribution is 2.30. The minimum Gasteiger partial charge on any atom is -0.456 e. The lowest BCUT2D eigenvalue weighted by Crippen LogP contribution is -2.45. The second-order valence-corrected chi connectivity index (χ2v) is 9.54. The van der Waals surface area contributed by atoms with Crippen molar-refractivity contribution in [2.45, 2.75) is 56.6 Å². The van der Waals surface area contributed by atoms with E-state index >= 15 is 0 Å². The Morgan fingerprint density at radius 2 is 1.90 bits per heavy atom. The number of esters is 1. The first-order valence-electron chi connectivity index (χ1n) is 10.0. The summed E-state index contributed by atoms with van der Waals surface area (Å²) in [4.78, 5) is 23.2. The topological polar surface area (TPSA) is 102 Å². The van der Waals surface area contributed by atoms with E-state index in [9.17, 15) is 31.2 Å². The van der Waals surface area contributed by atoms with Crippen molar-refractivity contribution in [2.75, 3.05) is 13.2 Å². The van der Waals surface area contributed by atoms with Gasteiger partial charge >= 0.3 is 12.1 Å². The molecule has 174 valence electrons. The number of benzene rings is 1. The first kappa shape index (κ1) is 25.1. The van der Waals surface area contributed by atoms with E-state index in [0.29, 0.717) is 17.9 Å². The second kappa shape index (κ2) is 10.4. The summed E-state index contributed by atoms with van der Waals surface area (Å²) in [5, 5.41) is 2.85. The van der Waals surface area contributed by atoms with E-state index in [4.69, 9.17) is 4.74 Å². The Morgan fingerprint density at radius 1 is 1.19 bits per heavy atom. The Kier molecular flexibility index (Phi) is 8.47. The highest BCUT2D eigenvalue weighted by atomic mass is 32.2. The highest BCUT2D eigenvalue weighted by molar-refractivity contribution is 7.89. The average Bonchev–Trinajstić information content (AvgIpc) is 2.69. The second-order valence-electron chi connectivity index (χ2n) is 7.78. The largest absolute Gasteiger partial charge is 0.456 e. The van der Waals surface area contributed by atoms with Gasteiger partial charge in [-0.1, -0.05) is 32.8 Å². The maximum atomic E-state index is 12.7. The number of halogens is 3. The van der Waals surface area contributed by atoms with E-state index in [1.54, 1.807) is 0 Å². The molecule has 0 aromatic heterocycles. The Labute approximate surface area is 179 Å². The van der Waals surface area contributed by atoms with Crippen molar-refractivity contribution in [1.82, 2.24) is 10.0 Å². The third-order valence-electron chi connectivity index (χ3n) is 5.51. The van der Waals surface area contributed by atoms with Gasteiger partial charge < -0.3 is 10.1 Å². The van der Waals surface area contributed by atoms with Crippen LogP contribution in [0.15, 0.2) is 29.2 Å². The van der Waals surface area contributed by atoms with Crippen LogP contribution in [0.3, 0.4) is 0 Å². The molecule has 3 atom stereocenters. The molecule has 1 aromatic rings. The molecule has 0 unspecified atom stereocenters. The molecule has 2 N–H and O–H groups in total. The fourth-order valence-corrected chi connectivity index (χ4v) is 4.54. The van der Waals surface area contributed by atoms with Crippen molar-refractivity contribution in [3.8, 4) is 0 Å². The predicted octanol–water partition coefficient (Wildman–Crippen LogP) is 2.86. The van der Waals surface area contributed by atoms with Gasteiger partial charge in [-0.25, -0.2) is 13.1 Å². The first-order valence-corrected chi connectivity index (χ1v) is 11.5. The van der Waals surface area contributed by atoms with Gasteiger partial charge in [0.1, 0.15) is 0 Å². The molecular weight excluding hydrogens is 437 g/mol. The van der Waals surface area contributed by atoms with Gasteiger partial charge in [-0.05, 0) is 36.5 Å². The summed E-state index contributed by atoms with van der Waals surface area (Å²) < 4.78 is 69.4. The molecule has 1 aliphatic carbocycles. The number of alkyl halides is 3. The number of ether oxygens (including phenoxy) is 1. The Balaban J connectivity index is 1.77. The van der Waals surface area contributed by atoms with E-state index in [2.05, 4.69) is 23.9 Å². The van der Waals surface area contributed by atoms with Gasteiger partial charge in [0, 0.05) is 12.6 Å². The van der Waals surface area contributed by atoms with E-state index in [0.717, 1.165) is 37.5 Å². The predicted molar refractivity (Wildman–Crippen MR) is 106 cm³/mol. The number of nitrogens with one attached hydrogen (secondary N) is 2. The van der Waals surface area contributed by atoms with E-state index < -0.39 is 45.1 Å². The summed E-state index contributed by atoms with van der Waals surface area (Å²) in [5.41, 5.74) is -1.09. The zero-order chi connectivity index (χ0) is 23.2. The van der Waals surface area contributed by atoms with Crippen molar-refractivity contribution < 1.29 is 35.9 Å². The molecule has 0 spiro atoms. The van der Waals surface area contributed by atoms with Crippen molar-refractivity contribution in [3.63, 3.8) is 0 Å². The molecule has 0 aliphatic heterocycles. The molecule has 7 nitrogen and oxygen atoms in total. The van der Waals surface area contributed by atoms with Crippen LogP contribution in [0.25, 0.3) is 0 Å². The molecule has 1 saturated carbocycles. The van der Waals surface area contributed by atoms with Gasteiger partial charge in [0.25, 0.3) is 5.91 Å². The molecule has 1 fully saturated rings. The molecule has 0 saturated heterocycles. The maximum Gasteiger partial charge on any atom is 0.416 e. The molecule has 0 bridgehead atoms. The van der Waals surface area contributed by atoms with Crippen LogP contribution < -0.4 is 10.0 Å². The van der Waals surface area contributed by atoms with E-state index in [-0.39, 0.29) is 19.0 Å². The molecule has 2 rings (SSSR count). The number of hydrogen-bond donors (Lipinski definition) is 2. The third-order valence-corrected chi connectivity index (χ3v) is 6.97. The lowest BCUT2D eigenvalue weighted by molar-refractivity contribution is -0.148. The Morgan fingerprint density at radius 3 is 2.58 bits per heavy atom. The van der Waals surface area contributed by atoms with Gasteiger partial charge in [-0.15, -0.1) is 0 Å². The lowest BCUT2D eigenvalue weighted by Gasteiger charge is -2.34. The average molecular weight is 465 g/mol. The summed E-state index contributed by atoms with van der Waals surface area (Å²) in [6.45, 7) is 3.34. The number of carbonyl (C=O) groups excluding carboxylic acids is 2. The van der Waals surface area contributed by atoms with E-state index in [1.165, 1.54) is 0 Å². The first-order chi connectivity index (χ1) is 14.4. The summed E-state index contributed by atoms with van der Waals surface area (Å²) in [6.07, 6.45) is -2.06. The normalized spacial score (nSPS) is 22.0. The summed E-state index contributed by atoms with van der Waals surface area (Å²) in [6, 6.07) is 3.30. The van der Waals surface area contributed by atoms with Gasteiger partial charge in [0.15, 0.2) is 6.61 Å². The number of amides is 1. The molecule has 1 amide bonds. The zero-order valence-electron chi connectivity index (χ0n) is 17.4. The van der Waals surface area contributed by atoms with Gasteiger partial charge in [-0.3, -0.25) is 9.59 Å². The molecule has 11 heteroatoms. The zero-order valence-corrected chi connectivity index (χ0v) is 18.2. The van der Waals surface area contributed by atoms with Crippen LogP contribution in [-0.4, -0.2) is 39.5 Å². The fraction of sp³-hybridized carbons (Fsp3) is 0.600. The Hall–Kier alpha value is -2.14. The Bertz CT molecular complexity index is 889. The molecule has 31 heavy (non-hydrogen) atoms. The third kappa shape index (κ3) is 7.49. The summed E-state index contributed by atoms with van der Waals surface area (Å²) >= 11 is 0. The molecule has 1 aliphatic rings. The molecular formula is C20H27F3N2O5S. The summed E-state index contributed by atoms with van der Waals surface area (Å²) in [7, 11) is -4.24. The van der Waals surface area contributed by atoms with Gasteiger partial charge in [-0.2, -0.15) is 13.2 Å². The van der Waals surface area contributed by atoms with Crippen molar-refractivity contribution in [2.24, 2.45) is 11.8 Å². The SMILES string of the molecule is C[C@@H]1[C@H](C)CCC[C@H]1NC(=O)COC(=O)CCNS(=O)(=O)c1cccc(C(F)(F)F)c1. The minimum absolute atomic E-state index is 0.0224. The molecule has 0 heterocycles. The van der Waals surface area contributed by atoms with Crippen molar-refractivity contribution in [1.29, 1.82) is 0 Å². The number of rotatable bonds is 8. The standard InChI is InChI=1S/C20H27F3N2O5S/c1-13-5-3-8-17(14(13)2)25-18(26)12-30-19(27)9-10-24-31(28,29)16-7-4-6-15(11-16)20(21,22)23/h4,6-7,11,13-14,17,24H,3,5,8-10,12H2,1-2H3,(H,25,26)/t13-,14-,17-/m1/s1. The van der Waals surface area contributed by atoms with Crippen LogP contribution in [0, 0.1) is 11.8 Å². The fourth-order valence-electron chi connectivity index (χ4n) is 3.46. The van der Waals surface area contributed by atoms with Crippen LogP contribution in [0.5, 0.6) is 0 Å². The lowest BCUT2D eigenvalue weighted by atomic mass is 9.78. The van der Waals surface area contributed by atoms with Gasteiger partial charge in [0.05, 0.1) is 16.9 Å². The van der Waals surface area contributed by atoms with Crippen LogP contribution in [0.4, 0.5) is 13.2 Å². The van der Waals surface area contributed by atoms with Crippen molar-refractivity contribution >= 4 is 21.9 Å². The van der Waals surface area contributed by atoms with E-state index in [1.807, 2.05) is 0 Å². The van der Waals surface area contributed by atoms with Crippen molar-refractivity contribution in [3.05, 3.63) is 29.8 Å².